The lowest BCUT2D eigenvalue weighted by Gasteiger charge is -2.11. The summed E-state index contributed by atoms with van der Waals surface area (Å²) in [6.07, 6.45) is 1.79. The standard InChI is InChI=1S/C17H16N2O2/c1-20-14-7-8-16(15(18)10-14)21-11-13-5-2-4-12-6-3-9-19-17(12)13/h2-10H,11,18H2,1H3. The number of ether oxygens (including phenoxy) is 2. The van der Waals surface area contributed by atoms with Gasteiger partial charge in [-0.25, -0.2) is 0 Å². The number of rotatable bonds is 4. The van der Waals surface area contributed by atoms with Gasteiger partial charge in [0.25, 0.3) is 0 Å². The Morgan fingerprint density at radius 1 is 1.10 bits per heavy atom. The first-order valence-corrected chi connectivity index (χ1v) is 6.67. The molecule has 0 bridgehead atoms. The first-order valence-electron chi connectivity index (χ1n) is 6.67. The van der Waals surface area contributed by atoms with E-state index < -0.39 is 0 Å². The van der Waals surface area contributed by atoms with Gasteiger partial charge >= 0.3 is 0 Å². The molecule has 1 heterocycles. The number of nitrogen functional groups attached to an aromatic ring is 1. The van der Waals surface area contributed by atoms with Crippen molar-refractivity contribution in [3.63, 3.8) is 0 Å². The molecule has 3 rings (SSSR count). The minimum atomic E-state index is 0.422. The summed E-state index contributed by atoms with van der Waals surface area (Å²) in [4.78, 5) is 4.41. The van der Waals surface area contributed by atoms with Crippen molar-refractivity contribution >= 4 is 16.6 Å². The van der Waals surface area contributed by atoms with E-state index in [4.69, 9.17) is 15.2 Å². The van der Waals surface area contributed by atoms with E-state index in [0.29, 0.717) is 23.8 Å². The molecule has 21 heavy (non-hydrogen) atoms. The molecule has 4 nitrogen and oxygen atoms in total. The smallest absolute Gasteiger partial charge is 0.142 e. The maximum atomic E-state index is 5.95. The predicted octanol–water partition coefficient (Wildman–Crippen LogP) is 3.40. The summed E-state index contributed by atoms with van der Waals surface area (Å²) in [5.74, 6) is 1.36. The van der Waals surface area contributed by atoms with Crippen molar-refractivity contribution in [3.8, 4) is 11.5 Å². The zero-order chi connectivity index (χ0) is 14.7. The van der Waals surface area contributed by atoms with Gasteiger partial charge in [-0.1, -0.05) is 24.3 Å². The fraction of sp³-hybridized carbons (Fsp3) is 0.118. The highest BCUT2D eigenvalue weighted by Gasteiger charge is 2.06. The zero-order valence-electron chi connectivity index (χ0n) is 11.7. The van der Waals surface area contributed by atoms with Gasteiger partial charge in [0, 0.05) is 23.2 Å². The van der Waals surface area contributed by atoms with Gasteiger partial charge in [0.05, 0.1) is 18.3 Å². The topological polar surface area (TPSA) is 57.4 Å². The van der Waals surface area contributed by atoms with Crippen LogP contribution < -0.4 is 15.2 Å². The summed E-state index contributed by atoms with van der Waals surface area (Å²) >= 11 is 0. The molecule has 0 atom stereocenters. The summed E-state index contributed by atoms with van der Waals surface area (Å²) in [7, 11) is 1.61. The number of aromatic nitrogens is 1. The lowest BCUT2D eigenvalue weighted by atomic mass is 10.1. The molecule has 0 unspecified atom stereocenters. The molecule has 1 aromatic heterocycles. The third-order valence-electron chi connectivity index (χ3n) is 3.32. The van der Waals surface area contributed by atoms with Crippen LogP contribution in [0.15, 0.2) is 54.7 Å². The van der Waals surface area contributed by atoms with E-state index in [1.54, 1.807) is 19.4 Å². The summed E-state index contributed by atoms with van der Waals surface area (Å²) < 4.78 is 10.9. The van der Waals surface area contributed by atoms with Gasteiger partial charge in [0.15, 0.2) is 0 Å². The average molecular weight is 280 g/mol. The Balaban J connectivity index is 1.84. The first kappa shape index (κ1) is 13.2. The molecule has 0 spiro atoms. The summed E-state index contributed by atoms with van der Waals surface area (Å²) in [5, 5.41) is 1.10. The fourth-order valence-electron chi connectivity index (χ4n) is 2.22. The Bertz CT molecular complexity index is 766. The van der Waals surface area contributed by atoms with Crippen LogP contribution in [0.3, 0.4) is 0 Å². The molecule has 0 radical (unpaired) electrons. The second kappa shape index (κ2) is 5.71. The van der Waals surface area contributed by atoms with Crippen LogP contribution in [0.5, 0.6) is 11.5 Å². The van der Waals surface area contributed by atoms with Crippen molar-refractivity contribution in [1.82, 2.24) is 4.98 Å². The van der Waals surface area contributed by atoms with Crippen LogP contribution in [0, 0.1) is 0 Å². The van der Waals surface area contributed by atoms with Gasteiger partial charge < -0.3 is 15.2 Å². The van der Waals surface area contributed by atoms with Gasteiger partial charge in [-0.15, -0.1) is 0 Å². The van der Waals surface area contributed by atoms with Crippen LogP contribution in [0.1, 0.15) is 5.56 Å². The number of methoxy groups -OCH3 is 1. The van der Waals surface area contributed by atoms with E-state index in [9.17, 15) is 0 Å². The number of hydrogen-bond acceptors (Lipinski definition) is 4. The van der Waals surface area contributed by atoms with Crippen LogP contribution >= 0.6 is 0 Å². The van der Waals surface area contributed by atoms with Gasteiger partial charge in [-0.2, -0.15) is 0 Å². The van der Waals surface area contributed by atoms with Crippen molar-refractivity contribution in [2.75, 3.05) is 12.8 Å². The van der Waals surface area contributed by atoms with Gasteiger partial charge in [0.2, 0.25) is 0 Å². The lowest BCUT2D eigenvalue weighted by molar-refractivity contribution is 0.308. The number of anilines is 1. The largest absolute Gasteiger partial charge is 0.497 e. The molecule has 106 valence electrons. The number of fused-ring (bicyclic) bond motifs is 1. The van der Waals surface area contributed by atoms with E-state index in [1.165, 1.54) is 0 Å². The molecule has 0 aliphatic rings. The first-order chi connectivity index (χ1) is 10.3. The monoisotopic (exact) mass is 280 g/mol. The number of hydrogen-bond donors (Lipinski definition) is 1. The number of pyridine rings is 1. The lowest BCUT2D eigenvalue weighted by Crippen LogP contribution is -2.00. The van der Waals surface area contributed by atoms with Crippen LogP contribution in [-0.4, -0.2) is 12.1 Å². The fourth-order valence-corrected chi connectivity index (χ4v) is 2.22. The van der Waals surface area contributed by atoms with Crippen molar-refractivity contribution in [2.45, 2.75) is 6.61 Å². The zero-order valence-corrected chi connectivity index (χ0v) is 11.7. The molecular weight excluding hydrogens is 264 g/mol. The molecule has 4 heteroatoms. The highest BCUT2D eigenvalue weighted by molar-refractivity contribution is 5.81. The Hall–Kier alpha value is -2.75. The summed E-state index contributed by atoms with van der Waals surface area (Å²) in [5.41, 5.74) is 8.49. The van der Waals surface area contributed by atoms with Crippen LogP contribution in [0.2, 0.25) is 0 Å². The van der Waals surface area contributed by atoms with Crippen molar-refractivity contribution < 1.29 is 9.47 Å². The number of para-hydroxylation sites is 1. The molecule has 3 aromatic rings. The molecule has 0 aliphatic heterocycles. The second-order valence-corrected chi connectivity index (χ2v) is 4.68. The minimum absolute atomic E-state index is 0.422. The third-order valence-corrected chi connectivity index (χ3v) is 3.32. The summed E-state index contributed by atoms with van der Waals surface area (Å²) in [6.45, 7) is 0.422. The quantitative estimate of drug-likeness (QED) is 0.744. The Labute approximate surface area is 123 Å². The molecule has 2 aromatic carbocycles. The van der Waals surface area contributed by atoms with Crippen LogP contribution in [0.4, 0.5) is 5.69 Å². The van der Waals surface area contributed by atoms with Crippen LogP contribution in [-0.2, 0) is 6.61 Å². The van der Waals surface area contributed by atoms with E-state index in [-0.39, 0.29) is 0 Å². The molecule has 0 aliphatic carbocycles. The molecule has 0 amide bonds. The number of nitrogens with two attached hydrogens (primary N) is 1. The predicted molar refractivity (Wildman–Crippen MR) is 83.5 cm³/mol. The van der Waals surface area contributed by atoms with Gasteiger partial charge in [-0.3, -0.25) is 4.98 Å². The molecule has 0 saturated heterocycles. The van der Waals surface area contributed by atoms with E-state index in [1.807, 2.05) is 42.5 Å². The highest BCUT2D eigenvalue weighted by atomic mass is 16.5. The van der Waals surface area contributed by atoms with E-state index >= 15 is 0 Å². The molecule has 0 fully saturated rings. The van der Waals surface area contributed by atoms with Crippen molar-refractivity contribution in [1.29, 1.82) is 0 Å². The Kier molecular flexibility index (Phi) is 3.60. The molecular formula is C17H16N2O2. The minimum Gasteiger partial charge on any atom is -0.497 e. The van der Waals surface area contributed by atoms with Crippen molar-refractivity contribution in [3.05, 3.63) is 60.3 Å². The van der Waals surface area contributed by atoms with E-state index in [2.05, 4.69) is 4.98 Å². The number of benzene rings is 2. The second-order valence-electron chi connectivity index (χ2n) is 4.68. The SMILES string of the molecule is COc1ccc(OCc2cccc3cccnc23)c(N)c1. The Morgan fingerprint density at radius 2 is 1.95 bits per heavy atom. The maximum Gasteiger partial charge on any atom is 0.142 e. The maximum absolute atomic E-state index is 5.95. The molecule has 0 saturated carbocycles. The van der Waals surface area contributed by atoms with Gasteiger partial charge in [-0.05, 0) is 18.2 Å². The van der Waals surface area contributed by atoms with Gasteiger partial charge in [0.1, 0.15) is 18.1 Å². The number of nitrogens with zero attached hydrogens (tertiary/aromatic N) is 1. The molecule has 2 N–H and O–H groups in total. The van der Waals surface area contributed by atoms with E-state index in [0.717, 1.165) is 16.5 Å². The third kappa shape index (κ3) is 2.74. The average Bonchev–Trinajstić information content (AvgIpc) is 2.53. The van der Waals surface area contributed by atoms with Crippen molar-refractivity contribution in [2.24, 2.45) is 0 Å². The Morgan fingerprint density at radius 3 is 2.76 bits per heavy atom. The summed E-state index contributed by atoms with van der Waals surface area (Å²) in [6, 6.07) is 15.4. The van der Waals surface area contributed by atoms with Crippen LogP contribution in [0.25, 0.3) is 10.9 Å². The normalized spacial score (nSPS) is 10.5. The highest BCUT2D eigenvalue weighted by Crippen LogP contribution is 2.27.